The summed E-state index contributed by atoms with van der Waals surface area (Å²) in [5.41, 5.74) is 2.25. The predicted molar refractivity (Wildman–Crippen MR) is 97.8 cm³/mol. The average Bonchev–Trinajstić information content (AvgIpc) is 3.06. The molecule has 0 amide bonds. The molecule has 0 saturated carbocycles. The summed E-state index contributed by atoms with van der Waals surface area (Å²) < 4.78 is 11.4. The molecular formula is C20H26N2O3. The molecule has 25 heavy (non-hydrogen) atoms. The monoisotopic (exact) mass is 342 g/mol. The Morgan fingerprint density at radius 2 is 1.92 bits per heavy atom. The zero-order valence-electron chi connectivity index (χ0n) is 14.6. The van der Waals surface area contributed by atoms with Crippen LogP contribution in [0.5, 0.6) is 11.5 Å². The number of β-amino-alcohol motifs (C(OH)–C–C–N with tert-alkyl or cyclic N) is 1. The van der Waals surface area contributed by atoms with Crippen LogP contribution >= 0.6 is 0 Å². The largest absolute Gasteiger partial charge is 0.493 e. The van der Waals surface area contributed by atoms with Crippen LogP contribution in [0.4, 0.5) is 0 Å². The topological polar surface area (TPSA) is 62.8 Å². The molecule has 0 aromatic heterocycles. The van der Waals surface area contributed by atoms with Gasteiger partial charge in [-0.15, -0.1) is 0 Å². The molecular weight excluding hydrogens is 316 g/mol. The highest BCUT2D eigenvalue weighted by Crippen LogP contribution is 2.29. The van der Waals surface area contributed by atoms with Crippen LogP contribution < -0.4 is 20.1 Å². The van der Waals surface area contributed by atoms with Gasteiger partial charge in [-0.05, 0) is 23.3 Å². The number of hydrogen-bond donors (Lipinski definition) is 3. The van der Waals surface area contributed by atoms with E-state index in [-0.39, 0.29) is 12.0 Å². The summed E-state index contributed by atoms with van der Waals surface area (Å²) in [6.07, 6.45) is -0.256. The molecule has 0 bridgehead atoms. The third kappa shape index (κ3) is 4.95. The fourth-order valence-corrected chi connectivity index (χ4v) is 3.01. The molecule has 1 heterocycles. The van der Waals surface area contributed by atoms with Gasteiger partial charge >= 0.3 is 0 Å². The Morgan fingerprint density at radius 1 is 1.08 bits per heavy atom. The Balaban J connectivity index is 1.57. The Kier molecular flexibility index (Phi) is 6.28. The first kappa shape index (κ1) is 17.7. The molecule has 134 valence electrons. The van der Waals surface area contributed by atoms with Crippen LogP contribution in [0.25, 0.3) is 0 Å². The van der Waals surface area contributed by atoms with E-state index in [1.54, 1.807) is 7.11 Å². The van der Waals surface area contributed by atoms with Gasteiger partial charge in [-0.1, -0.05) is 36.4 Å². The van der Waals surface area contributed by atoms with Crippen molar-refractivity contribution >= 4 is 0 Å². The molecule has 5 nitrogen and oxygen atoms in total. The summed E-state index contributed by atoms with van der Waals surface area (Å²) in [6.45, 7) is 3.58. The normalized spacial score (nSPS) is 19.8. The van der Waals surface area contributed by atoms with E-state index in [1.807, 2.05) is 48.5 Å². The second-order valence-electron chi connectivity index (χ2n) is 6.38. The van der Waals surface area contributed by atoms with E-state index in [9.17, 15) is 5.11 Å². The van der Waals surface area contributed by atoms with E-state index in [4.69, 9.17) is 9.47 Å². The maximum Gasteiger partial charge on any atom is 0.161 e. The van der Waals surface area contributed by atoms with Crippen LogP contribution in [0.1, 0.15) is 11.1 Å². The zero-order chi connectivity index (χ0) is 17.5. The summed E-state index contributed by atoms with van der Waals surface area (Å²) in [5.74, 6) is 1.75. The van der Waals surface area contributed by atoms with Gasteiger partial charge in [0.1, 0.15) is 6.61 Å². The molecule has 5 heteroatoms. The highest BCUT2D eigenvalue weighted by atomic mass is 16.5. The summed E-state index contributed by atoms with van der Waals surface area (Å²) in [7, 11) is 1.65. The first-order valence-electron chi connectivity index (χ1n) is 8.69. The zero-order valence-corrected chi connectivity index (χ0v) is 14.6. The van der Waals surface area contributed by atoms with E-state index < -0.39 is 0 Å². The quantitative estimate of drug-likeness (QED) is 0.684. The van der Waals surface area contributed by atoms with Gasteiger partial charge in [-0.2, -0.15) is 0 Å². The maximum atomic E-state index is 9.84. The first-order valence-corrected chi connectivity index (χ1v) is 8.69. The number of aliphatic hydroxyl groups is 1. The predicted octanol–water partition coefficient (Wildman–Crippen LogP) is 1.94. The molecule has 1 aliphatic heterocycles. The van der Waals surface area contributed by atoms with Gasteiger partial charge < -0.3 is 25.2 Å². The Morgan fingerprint density at radius 3 is 2.64 bits per heavy atom. The van der Waals surface area contributed by atoms with Crippen LogP contribution in [0.2, 0.25) is 0 Å². The number of aliphatic hydroxyl groups excluding tert-OH is 1. The van der Waals surface area contributed by atoms with Gasteiger partial charge in [0.15, 0.2) is 11.5 Å². The molecule has 3 N–H and O–H groups in total. The van der Waals surface area contributed by atoms with E-state index in [2.05, 4.69) is 10.6 Å². The molecule has 1 aliphatic rings. The number of nitrogens with one attached hydrogen (secondary N) is 2. The smallest absolute Gasteiger partial charge is 0.161 e. The van der Waals surface area contributed by atoms with Crippen molar-refractivity contribution in [1.29, 1.82) is 0 Å². The average molecular weight is 342 g/mol. The van der Waals surface area contributed by atoms with E-state index in [0.717, 1.165) is 42.3 Å². The summed E-state index contributed by atoms with van der Waals surface area (Å²) in [6, 6.07) is 16.1. The van der Waals surface area contributed by atoms with Crippen LogP contribution in [-0.2, 0) is 13.2 Å². The summed E-state index contributed by atoms with van der Waals surface area (Å²) in [4.78, 5) is 0. The molecule has 1 saturated heterocycles. The fraction of sp³-hybridized carbons (Fsp3) is 0.400. The van der Waals surface area contributed by atoms with Gasteiger partial charge in [0.05, 0.1) is 13.2 Å². The van der Waals surface area contributed by atoms with Crippen molar-refractivity contribution < 1.29 is 14.6 Å². The van der Waals surface area contributed by atoms with Crippen molar-refractivity contribution in [3.63, 3.8) is 0 Å². The molecule has 1 fully saturated rings. The standard InChI is InChI=1S/C20H26N2O3/c1-24-19-8-7-16(10-21-11-17-12-22-13-18(17)23)9-20(19)25-14-15-5-3-2-4-6-15/h2-9,17-18,21-23H,10-14H2,1H3. The van der Waals surface area contributed by atoms with Crippen molar-refractivity contribution in [2.75, 3.05) is 26.7 Å². The fourth-order valence-electron chi connectivity index (χ4n) is 3.01. The van der Waals surface area contributed by atoms with E-state index >= 15 is 0 Å². The lowest BCUT2D eigenvalue weighted by Crippen LogP contribution is -2.30. The van der Waals surface area contributed by atoms with Gasteiger partial charge in [0.2, 0.25) is 0 Å². The van der Waals surface area contributed by atoms with Crippen molar-refractivity contribution in [2.45, 2.75) is 19.3 Å². The minimum absolute atomic E-state index is 0.256. The number of ether oxygens (including phenoxy) is 2. The molecule has 2 aromatic rings. The van der Waals surface area contributed by atoms with E-state index in [1.165, 1.54) is 0 Å². The number of rotatable bonds is 8. The molecule has 2 aromatic carbocycles. The van der Waals surface area contributed by atoms with Crippen molar-refractivity contribution in [2.24, 2.45) is 5.92 Å². The Labute approximate surface area is 149 Å². The van der Waals surface area contributed by atoms with Crippen LogP contribution in [0.15, 0.2) is 48.5 Å². The lowest BCUT2D eigenvalue weighted by Gasteiger charge is -2.15. The molecule has 2 atom stereocenters. The molecule has 3 rings (SSSR count). The van der Waals surface area contributed by atoms with Crippen LogP contribution in [0, 0.1) is 5.92 Å². The number of benzene rings is 2. The van der Waals surface area contributed by atoms with Crippen molar-refractivity contribution in [3.05, 3.63) is 59.7 Å². The van der Waals surface area contributed by atoms with Crippen LogP contribution in [0.3, 0.4) is 0 Å². The van der Waals surface area contributed by atoms with Gasteiger partial charge in [-0.25, -0.2) is 0 Å². The Hall–Kier alpha value is -2.08. The van der Waals surface area contributed by atoms with Gasteiger partial charge in [-0.3, -0.25) is 0 Å². The summed E-state index contributed by atoms with van der Waals surface area (Å²) in [5, 5.41) is 16.5. The highest BCUT2D eigenvalue weighted by Gasteiger charge is 2.24. The maximum absolute atomic E-state index is 9.84. The van der Waals surface area contributed by atoms with Crippen LogP contribution in [-0.4, -0.2) is 38.0 Å². The Bertz CT molecular complexity index is 663. The minimum Gasteiger partial charge on any atom is -0.493 e. The second-order valence-corrected chi connectivity index (χ2v) is 6.38. The highest BCUT2D eigenvalue weighted by molar-refractivity contribution is 5.43. The van der Waals surface area contributed by atoms with Gasteiger partial charge in [0, 0.05) is 32.1 Å². The second kappa shape index (κ2) is 8.85. The van der Waals surface area contributed by atoms with E-state index in [0.29, 0.717) is 13.2 Å². The van der Waals surface area contributed by atoms with Gasteiger partial charge in [0.25, 0.3) is 0 Å². The lowest BCUT2D eigenvalue weighted by atomic mass is 10.1. The first-order chi connectivity index (χ1) is 12.3. The summed E-state index contributed by atoms with van der Waals surface area (Å²) >= 11 is 0. The van der Waals surface area contributed by atoms with Crippen molar-refractivity contribution in [3.8, 4) is 11.5 Å². The third-order valence-corrected chi connectivity index (χ3v) is 4.51. The molecule has 0 spiro atoms. The molecule has 2 unspecified atom stereocenters. The minimum atomic E-state index is -0.256. The number of methoxy groups -OCH3 is 1. The van der Waals surface area contributed by atoms with Crippen molar-refractivity contribution in [1.82, 2.24) is 10.6 Å². The lowest BCUT2D eigenvalue weighted by molar-refractivity contribution is 0.146. The molecule has 0 radical (unpaired) electrons. The molecule has 0 aliphatic carbocycles. The number of hydrogen-bond acceptors (Lipinski definition) is 5. The SMILES string of the molecule is COc1ccc(CNCC2CNCC2O)cc1OCc1ccccc1. The third-order valence-electron chi connectivity index (χ3n) is 4.51.